The largest absolute Gasteiger partial charge is 0.300 e. The van der Waals surface area contributed by atoms with E-state index in [1.54, 1.807) is 19.1 Å². The topological polar surface area (TPSA) is 54.5 Å². The molecule has 0 unspecified atom stereocenters. The number of hydrogen-bond donors (Lipinski definition) is 0. The van der Waals surface area contributed by atoms with Gasteiger partial charge in [-0.15, -0.1) is 0 Å². The zero-order chi connectivity index (χ0) is 14.9. The second kappa shape index (κ2) is 5.66. The summed E-state index contributed by atoms with van der Waals surface area (Å²) in [6.07, 6.45) is 1.25. The molecule has 0 atom stereocenters. The first-order valence-corrected chi connectivity index (χ1v) is 8.34. The minimum absolute atomic E-state index is 0.0150. The summed E-state index contributed by atoms with van der Waals surface area (Å²) < 4.78 is 26.6. The Morgan fingerprint density at radius 1 is 1.15 bits per heavy atom. The van der Waals surface area contributed by atoms with E-state index in [1.165, 1.54) is 4.31 Å². The van der Waals surface area contributed by atoms with Crippen LogP contribution in [-0.2, 0) is 14.8 Å². The number of carbonyl (C=O) groups excluding carboxylic acids is 1. The molecule has 0 radical (unpaired) electrons. The monoisotopic (exact) mass is 295 g/mol. The van der Waals surface area contributed by atoms with E-state index >= 15 is 0 Å². The highest BCUT2D eigenvalue weighted by atomic mass is 32.2. The molecule has 1 aliphatic rings. The highest BCUT2D eigenvalue weighted by Crippen LogP contribution is 2.25. The van der Waals surface area contributed by atoms with Crippen molar-refractivity contribution in [3.05, 3.63) is 29.3 Å². The van der Waals surface area contributed by atoms with Gasteiger partial charge in [0.1, 0.15) is 5.78 Å². The van der Waals surface area contributed by atoms with Crippen molar-refractivity contribution in [1.29, 1.82) is 0 Å². The van der Waals surface area contributed by atoms with Crippen LogP contribution in [0.1, 0.15) is 30.9 Å². The van der Waals surface area contributed by atoms with Crippen molar-refractivity contribution in [1.82, 2.24) is 4.31 Å². The average molecular weight is 295 g/mol. The summed E-state index contributed by atoms with van der Waals surface area (Å²) in [7, 11) is -3.43. The molecular weight excluding hydrogens is 274 g/mol. The number of ketones is 1. The molecule has 0 amide bonds. The smallest absolute Gasteiger partial charge is 0.243 e. The molecule has 5 heteroatoms. The third kappa shape index (κ3) is 2.94. The molecule has 0 saturated carbocycles. The van der Waals surface area contributed by atoms with Crippen molar-refractivity contribution in [2.24, 2.45) is 5.92 Å². The van der Waals surface area contributed by atoms with Gasteiger partial charge in [-0.3, -0.25) is 4.79 Å². The molecule has 0 bridgehead atoms. The van der Waals surface area contributed by atoms with Gasteiger partial charge in [-0.1, -0.05) is 6.07 Å². The predicted molar refractivity (Wildman–Crippen MR) is 78.1 cm³/mol. The fourth-order valence-electron chi connectivity index (χ4n) is 2.53. The van der Waals surface area contributed by atoms with Crippen LogP contribution in [0.15, 0.2) is 23.1 Å². The van der Waals surface area contributed by atoms with E-state index in [0.717, 1.165) is 11.1 Å². The van der Waals surface area contributed by atoms with Crippen LogP contribution in [0.25, 0.3) is 0 Å². The molecule has 1 saturated heterocycles. The van der Waals surface area contributed by atoms with Crippen molar-refractivity contribution in [2.75, 3.05) is 13.1 Å². The highest BCUT2D eigenvalue weighted by Gasteiger charge is 2.30. The molecule has 0 spiro atoms. The SMILES string of the molecule is CC(=O)C1CCN(S(=O)(=O)c2ccc(C)c(C)c2)CC1. The number of benzene rings is 1. The number of Topliss-reactive ketones (excluding diaryl/α,β-unsaturated/α-hetero) is 1. The van der Waals surface area contributed by atoms with Crippen molar-refractivity contribution >= 4 is 15.8 Å². The molecule has 4 nitrogen and oxygen atoms in total. The maximum atomic E-state index is 12.6. The van der Waals surface area contributed by atoms with Gasteiger partial charge in [0.15, 0.2) is 0 Å². The van der Waals surface area contributed by atoms with Gasteiger partial charge < -0.3 is 0 Å². The van der Waals surface area contributed by atoms with E-state index in [2.05, 4.69) is 0 Å². The van der Waals surface area contributed by atoms with Crippen LogP contribution in [0.2, 0.25) is 0 Å². The maximum Gasteiger partial charge on any atom is 0.243 e. The molecule has 1 aromatic carbocycles. The maximum absolute atomic E-state index is 12.6. The number of rotatable bonds is 3. The van der Waals surface area contributed by atoms with E-state index in [-0.39, 0.29) is 11.7 Å². The van der Waals surface area contributed by atoms with E-state index in [4.69, 9.17) is 0 Å². The van der Waals surface area contributed by atoms with Crippen molar-refractivity contribution in [3.8, 4) is 0 Å². The third-order valence-corrected chi connectivity index (χ3v) is 6.04. The summed E-state index contributed by atoms with van der Waals surface area (Å²) in [5.74, 6) is 0.175. The predicted octanol–water partition coefficient (Wildman–Crippen LogP) is 2.29. The first-order valence-electron chi connectivity index (χ1n) is 6.90. The molecule has 2 rings (SSSR count). The Labute approximate surface area is 120 Å². The highest BCUT2D eigenvalue weighted by molar-refractivity contribution is 7.89. The first-order chi connectivity index (χ1) is 9.32. The first kappa shape index (κ1) is 15.2. The van der Waals surface area contributed by atoms with Crippen LogP contribution in [0.3, 0.4) is 0 Å². The Morgan fingerprint density at radius 2 is 1.75 bits per heavy atom. The Balaban J connectivity index is 2.19. The van der Waals surface area contributed by atoms with Gasteiger partial charge in [-0.2, -0.15) is 4.31 Å². The quantitative estimate of drug-likeness (QED) is 0.859. The minimum atomic E-state index is -3.43. The zero-order valence-corrected chi connectivity index (χ0v) is 13.0. The molecule has 1 aliphatic heterocycles. The summed E-state index contributed by atoms with van der Waals surface area (Å²) >= 11 is 0. The second-order valence-corrected chi connectivity index (χ2v) is 7.47. The van der Waals surface area contributed by atoms with Crippen molar-refractivity contribution in [2.45, 2.75) is 38.5 Å². The lowest BCUT2D eigenvalue weighted by Crippen LogP contribution is -2.39. The average Bonchev–Trinajstić information content (AvgIpc) is 2.41. The Morgan fingerprint density at radius 3 is 2.25 bits per heavy atom. The fourth-order valence-corrected chi connectivity index (χ4v) is 4.08. The van der Waals surface area contributed by atoms with Crippen LogP contribution < -0.4 is 0 Å². The summed E-state index contributed by atoms with van der Waals surface area (Å²) in [5, 5.41) is 0. The van der Waals surface area contributed by atoms with E-state index in [1.807, 2.05) is 19.9 Å². The summed E-state index contributed by atoms with van der Waals surface area (Å²) in [5.41, 5.74) is 2.06. The Hall–Kier alpha value is -1.20. The molecule has 0 aliphatic carbocycles. The van der Waals surface area contributed by atoms with Gasteiger partial charge in [-0.25, -0.2) is 8.42 Å². The van der Waals surface area contributed by atoms with Crippen LogP contribution in [0.4, 0.5) is 0 Å². The van der Waals surface area contributed by atoms with Crippen LogP contribution in [-0.4, -0.2) is 31.6 Å². The summed E-state index contributed by atoms with van der Waals surface area (Å²) in [6.45, 7) is 6.32. The molecule has 1 heterocycles. The molecule has 1 fully saturated rings. The van der Waals surface area contributed by atoms with Gasteiger partial charge in [0.05, 0.1) is 4.90 Å². The lowest BCUT2D eigenvalue weighted by atomic mass is 9.95. The summed E-state index contributed by atoms with van der Waals surface area (Å²) in [4.78, 5) is 11.7. The minimum Gasteiger partial charge on any atom is -0.300 e. The van der Waals surface area contributed by atoms with Crippen molar-refractivity contribution < 1.29 is 13.2 Å². The second-order valence-electron chi connectivity index (χ2n) is 5.54. The van der Waals surface area contributed by atoms with Gasteiger partial charge in [0.2, 0.25) is 10.0 Å². The summed E-state index contributed by atoms with van der Waals surface area (Å²) in [6, 6.07) is 5.22. The molecule has 20 heavy (non-hydrogen) atoms. The number of nitrogens with zero attached hydrogens (tertiary/aromatic N) is 1. The van der Waals surface area contributed by atoms with Crippen LogP contribution in [0.5, 0.6) is 0 Å². The standard InChI is InChI=1S/C15H21NO3S/c1-11-4-5-15(10-12(11)2)20(18,19)16-8-6-14(7-9-16)13(3)17/h4-5,10,14H,6-9H2,1-3H3. The number of carbonyl (C=O) groups is 1. The van der Waals surface area contributed by atoms with Gasteiger partial charge >= 0.3 is 0 Å². The van der Waals surface area contributed by atoms with Gasteiger partial charge in [-0.05, 0) is 56.9 Å². The lowest BCUT2D eigenvalue weighted by molar-refractivity contribution is -0.121. The van der Waals surface area contributed by atoms with Crippen molar-refractivity contribution in [3.63, 3.8) is 0 Å². The number of hydrogen-bond acceptors (Lipinski definition) is 3. The molecule has 110 valence electrons. The fraction of sp³-hybridized carbons (Fsp3) is 0.533. The third-order valence-electron chi connectivity index (χ3n) is 4.14. The normalized spacial score (nSPS) is 18.1. The molecule has 1 aromatic rings. The Kier molecular flexibility index (Phi) is 4.30. The van der Waals surface area contributed by atoms with E-state index in [0.29, 0.717) is 30.8 Å². The van der Waals surface area contributed by atoms with Crippen LogP contribution >= 0.6 is 0 Å². The van der Waals surface area contributed by atoms with Gasteiger partial charge in [0, 0.05) is 19.0 Å². The van der Waals surface area contributed by atoms with Crippen LogP contribution in [0, 0.1) is 19.8 Å². The lowest BCUT2D eigenvalue weighted by Gasteiger charge is -2.30. The van der Waals surface area contributed by atoms with E-state index in [9.17, 15) is 13.2 Å². The molecule has 0 N–H and O–H groups in total. The zero-order valence-electron chi connectivity index (χ0n) is 12.2. The molecular formula is C15H21NO3S. The number of aryl methyl sites for hydroxylation is 2. The molecule has 0 aromatic heterocycles. The van der Waals surface area contributed by atoms with Gasteiger partial charge in [0.25, 0.3) is 0 Å². The number of sulfonamides is 1. The Bertz CT molecular complexity index is 614. The number of piperidine rings is 1. The van der Waals surface area contributed by atoms with E-state index < -0.39 is 10.0 Å².